The highest BCUT2D eigenvalue weighted by molar-refractivity contribution is 9.10. The first-order valence-electron chi connectivity index (χ1n) is 9.60. The van der Waals surface area contributed by atoms with Crippen molar-refractivity contribution in [3.8, 4) is 0 Å². The molecule has 0 fully saturated rings. The van der Waals surface area contributed by atoms with Crippen LogP contribution in [0.25, 0.3) is 0 Å². The van der Waals surface area contributed by atoms with Gasteiger partial charge in [0, 0.05) is 10.4 Å². The lowest BCUT2D eigenvalue weighted by molar-refractivity contribution is 0.0697. The quantitative estimate of drug-likeness (QED) is 0.383. The van der Waals surface area contributed by atoms with Gasteiger partial charge in [-0.2, -0.15) is 0 Å². The summed E-state index contributed by atoms with van der Waals surface area (Å²) in [5, 5.41) is 14.3. The normalized spacial score (nSPS) is 17.9. The zero-order valence-corrected chi connectivity index (χ0v) is 19.6. The number of nitrogens with one attached hydrogen (secondary N) is 1. The van der Waals surface area contributed by atoms with Crippen molar-refractivity contribution in [2.75, 3.05) is 5.32 Å². The topological polar surface area (TPSA) is 49.3 Å². The zero-order valence-electron chi connectivity index (χ0n) is 16.5. The molecule has 0 amide bonds. The summed E-state index contributed by atoms with van der Waals surface area (Å²) >= 11 is 15.9. The van der Waals surface area contributed by atoms with E-state index in [-0.39, 0.29) is 17.5 Å². The first-order valence-corrected chi connectivity index (χ1v) is 11.1. The van der Waals surface area contributed by atoms with E-state index in [1.165, 1.54) is 16.7 Å². The second kappa shape index (κ2) is 8.26. The summed E-state index contributed by atoms with van der Waals surface area (Å²) in [6.07, 6.45) is 0.769. The van der Waals surface area contributed by atoms with E-state index in [2.05, 4.69) is 53.3 Å². The number of aryl methyl sites for hydroxylation is 2. The molecule has 3 nitrogen and oxygen atoms in total. The number of aromatic carboxylic acids is 1. The van der Waals surface area contributed by atoms with Crippen LogP contribution in [0, 0.1) is 13.8 Å². The molecule has 2 N–H and O–H groups in total. The molecule has 0 spiro atoms. The van der Waals surface area contributed by atoms with Gasteiger partial charge in [0.25, 0.3) is 0 Å². The molecule has 30 heavy (non-hydrogen) atoms. The summed E-state index contributed by atoms with van der Waals surface area (Å²) in [7, 11) is 0. The van der Waals surface area contributed by atoms with Gasteiger partial charge >= 0.3 is 5.97 Å². The molecule has 0 saturated carbocycles. The minimum absolute atomic E-state index is 0.0382. The molecule has 0 radical (unpaired) electrons. The van der Waals surface area contributed by atoms with Crippen LogP contribution in [0.2, 0.25) is 10.0 Å². The van der Waals surface area contributed by atoms with Gasteiger partial charge in [-0.15, -0.1) is 0 Å². The van der Waals surface area contributed by atoms with Crippen LogP contribution in [0.15, 0.2) is 53.0 Å². The molecule has 2 atom stereocenters. The van der Waals surface area contributed by atoms with Crippen LogP contribution in [0.5, 0.6) is 0 Å². The number of carboxylic acid groups (broad SMARTS) is 1. The highest BCUT2D eigenvalue weighted by Gasteiger charge is 2.33. The molecular weight excluding hydrogens is 485 g/mol. The summed E-state index contributed by atoms with van der Waals surface area (Å²) in [6.45, 7) is 4.17. The van der Waals surface area contributed by atoms with Crippen LogP contribution in [0.4, 0.5) is 5.69 Å². The molecular formula is C24H20BrCl2NO2. The Bertz CT molecular complexity index is 1160. The largest absolute Gasteiger partial charge is 0.478 e. The smallest absolute Gasteiger partial charge is 0.337 e. The summed E-state index contributed by atoms with van der Waals surface area (Å²) in [6, 6.07) is 15.6. The van der Waals surface area contributed by atoms with E-state index in [0.717, 1.165) is 22.0 Å². The van der Waals surface area contributed by atoms with Crippen LogP contribution in [-0.4, -0.2) is 11.1 Å². The Labute approximate surface area is 194 Å². The fourth-order valence-corrected chi connectivity index (χ4v) is 4.99. The predicted molar refractivity (Wildman–Crippen MR) is 126 cm³/mol. The third-order valence-corrected chi connectivity index (χ3v) is 6.88. The number of fused-ring (bicyclic) bond motifs is 1. The van der Waals surface area contributed by atoms with E-state index in [1.807, 2.05) is 18.2 Å². The van der Waals surface area contributed by atoms with Gasteiger partial charge in [-0.05, 0) is 66.8 Å². The lowest BCUT2D eigenvalue weighted by Crippen LogP contribution is -2.25. The second-order valence-corrected chi connectivity index (χ2v) is 9.47. The Kier molecular flexibility index (Phi) is 5.84. The van der Waals surface area contributed by atoms with Crippen LogP contribution >= 0.6 is 39.1 Å². The predicted octanol–water partition coefficient (Wildman–Crippen LogP) is 7.76. The SMILES string of the molecule is Cc1ccc(C)c([C@H]2C[C@@H](c3ccc(Cl)c(Cl)c3)Nc3c(C(=O)O)cc(Br)cc32)c1. The van der Waals surface area contributed by atoms with Crippen molar-refractivity contribution in [3.63, 3.8) is 0 Å². The van der Waals surface area contributed by atoms with E-state index in [4.69, 9.17) is 23.2 Å². The molecule has 0 saturated heterocycles. The zero-order chi connectivity index (χ0) is 21.6. The monoisotopic (exact) mass is 503 g/mol. The molecule has 1 heterocycles. The van der Waals surface area contributed by atoms with Crippen molar-refractivity contribution in [3.05, 3.63) is 96.4 Å². The first-order chi connectivity index (χ1) is 14.2. The van der Waals surface area contributed by atoms with Crippen molar-refractivity contribution in [1.82, 2.24) is 0 Å². The highest BCUT2D eigenvalue weighted by Crippen LogP contribution is 2.47. The van der Waals surface area contributed by atoms with Gasteiger partial charge in [-0.25, -0.2) is 4.79 Å². The highest BCUT2D eigenvalue weighted by atomic mass is 79.9. The van der Waals surface area contributed by atoms with E-state index < -0.39 is 5.97 Å². The molecule has 0 bridgehead atoms. The fourth-order valence-electron chi connectivity index (χ4n) is 4.21. The minimum atomic E-state index is -0.963. The molecule has 4 rings (SSSR count). The van der Waals surface area contributed by atoms with E-state index in [1.54, 1.807) is 12.1 Å². The number of halogens is 3. The third-order valence-electron chi connectivity index (χ3n) is 5.69. The van der Waals surface area contributed by atoms with Crippen molar-refractivity contribution in [2.24, 2.45) is 0 Å². The molecule has 1 aliphatic heterocycles. The average Bonchev–Trinajstić information content (AvgIpc) is 2.70. The van der Waals surface area contributed by atoms with E-state index in [9.17, 15) is 9.90 Å². The average molecular weight is 505 g/mol. The van der Waals surface area contributed by atoms with Crippen molar-refractivity contribution in [1.29, 1.82) is 0 Å². The Balaban J connectivity index is 1.92. The number of benzene rings is 3. The lowest BCUT2D eigenvalue weighted by atomic mass is 9.77. The van der Waals surface area contributed by atoms with Gasteiger partial charge in [0.2, 0.25) is 0 Å². The van der Waals surface area contributed by atoms with Gasteiger partial charge in [-0.1, -0.05) is 69.0 Å². The molecule has 1 aliphatic rings. The second-order valence-electron chi connectivity index (χ2n) is 7.74. The van der Waals surface area contributed by atoms with Crippen LogP contribution in [0.1, 0.15) is 56.6 Å². The summed E-state index contributed by atoms with van der Waals surface area (Å²) < 4.78 is 0.753. The Hall–Kier alpha value is -2.01. The van der Waals surface area contributed by atoms with E-state index in [0.29, 0.717) is 15.7 Å². The minimum Gasteiger partial charge on any atom is -0.478 e. The molecule has 154 valence electrons. The van der Waals surface area contributed by atoms with Crippen LogP contribution in [-0.2, 0) is 0 Å². The number of hydrogen-bond acceptors (Lipinski definition) is 2. The summed E-state index contributed by atoms with van der Waals surface area (Å²) in [5.41, 5.74) is 6.42. The maximum Gasteiger partial charge on any atom is 0.337 e. The maximum absolute atomic E-state index is 12.0. The molecule has 0 unspecified atom stereocenters. The standard InChI is InChI=1S/C24H20BrCl2NO2/c1-12-3-4-13(2)16(7-12)17-11-22(14-5-6-20(26)21(27)8-14)28-23-18(17)9-15(25)10-19(23)24(29)30/h3-10,17,22,28H,11H2,1-2H3,(H,29,30)/t17-,22+/m1/s1. The Morgan fingerprint density at radius 1 is 1.03 bits per heavy atom. The van der Waals surface area contributed by atoms with Gasteiger partial charge < -0.3 is 10.4 Å². The maximum atomic E-state index is 12.0. The van der Waals surface area contributed by atoms with Gasteiger partial charge in [-0.3, -0.25) is 0 Å². The van der Waals surface area contributed by atoms with Crippen LogP contribution < -0.4 is 5.32 Å². The molecule has 0 aromatic heterocycles. The van der Waals surface area contributed by atoms with Crippen LogP contribution in [0.3, 0.4) is 0 Å². The molecule has 3 aromatic rings. The van der Waals surface area contributed by atoms with Crippen molar-refractivity contribution >= 4 is 50.8 Å². The molecule has 6 heteroatoms. The fraction of sp³-hybridized carbons (Fsp3) is 0.208. The molecule has 3 aromatic carbocycles. The first kappa shape index (κ1) is 21.2. The molecule has 0 aliphatic carbocycles. The number of carbonyl (C=O) groups is 1. The van der Waals surface area contributed by atoms with Gasteiger partial charge in [0.15, 0.2) is 0 Å². The lowest BCUT2D eigenvalue weighted by Gasteiger charge is -2.36. The number of hydrogen-bond donors (Lipinski definition) is 2. The van der Waals surface area contributed by atoms with Gasteiger partial charge in [0.1, 0.15) is 0 Å². The summed E-state index contributed by atoms with van der Waals surface area (Å²) in [4.78, 5) is 12.0. The Morgan fingerprint density at radius 3 is 2.50 bits per heavy atom. The van der Waals surface area contributed by atoms with Gasteiger partial charge in [0.05, 0.1) is 27.3 Å². The number of carboxylic acids is 1. The van der Waals surface area contributed by atoms with Crippen molar-refractivity contribution in [2.45, 2.75) is 32.2 Å². The number of rotatable bonds is 3. The van der Waals surface area contributed by atoms with Crippen molar-refractivity contribution < 1.29 is 9.90 Å². The third kappa shape index (κ3) is 3.96. The summed E-state index contributed by atoms with van der Waals surface area (Å²) in [5.74, 6) is -0.925. The number of anilines is 1. The Morgan fingerprint density at radius 2 is 1.80 bits per heavy atom. The van der Waals surface area contributed by atoms with E-state index >= 15 is 0 Å².